The van der Waals surface area contributed by atoms with Crippen LogP contribution in [0.1, 0.15) is 11.4 Å². The summed E-state index contributed by atoms with van der Waals surface area (Å²) in [4.78, 5) is 12.5. The lowest BCUT2D eigenvalue weighted by Crippen LogP contribution is -2.48. The van der Waals surface area contributed by atoms with Crippen LogP contribution in [0.2, 0.25) is 0 Å². The van der Waals surface area contributed by atoms with Crippen LogP contribution < -0.4 is 10.0 Å². The van der Waals surface area contributed by atoms with Gasteiger partial charge in [0.15, 0.2) is 11.5 Å². The van der Waals surface area contributed by atoms with Crippen LogP contribution in [0.5, 0.6) is 0 Å². The van der Waals surface area contributed by atoms with E-state index in [9.17, 15) is 17.6 Å². The van der Waals surface area contributed by atoms with E-state index < -0.39 is 32.7 Å². The molecule has 8 nitrogen and oxygen atoms in total. The van der Waals surface area contributed by atoms with Crippen molar-refractivity contribution in [3.63, 3.8) is 0 Å². The van der Waals surface area contributed by atoms with Gasteiger partial charge in [0.2, 0.25) is 15.9 Å². The first-order chi connectivity index (χ1) is 15.4. The molecule has 2 N–H and O–H groups in total. The maximum atomic E-state index is 14.1. The molecule has 4 rings (SSSR count). The lowest BCUT2D eigenvalue weighted by molar-refractivity contribution is -0.122. The second kappa shape index (κ2) is 9.25. The zero-order valence-electron chi connectivity index (χ0n) is 16.8. The molecule has 1 atom stereocenters. The van der Waals surface area contributed by atoms with Gasteiger partial charge in [0.25, 0.3) is 0 Å². The number of fused-ring (bicyclic) bond motifs is 1. The van der Waals surface area contributed by atoms with Crippen molar-refractivity contribution in [3.8, 4) is 0 Å². The number of hydrogen-bond donors (Lipinski definition) is 2. The Morgan fingerprint density at radius 2 is 1.69 bits per heavy atom. The van der Waals surface area contributed by atoms with Gasteiger partial charge in [0, 0.05) is 6.20 Å². The van der Waals surface area contributed by atoms with Crippen molar-refractivity contribution >= 4 is 21.6 Å². The Bertz CT molecular complexity index is 1340. The van der Waals surface area contributed by atoms with Crippen LogP contribution in [0, 0.1) is 5.82 Å². The Morgan fingerprint density at radius 1 is 0.969 bits per heavy atom. The van der Waals surface area contributed by atoms with E-state index >= 15 is 0 Å². The standard InChI is InChI=1S/C22H20FN5O3S/c23-17-10-4-5-11-19(17)32(30,31)27-18(14-16-8-2-1-3-9-16)22(29)24-15-21-26-25-20-12-6-7-13-28(20)21/h1-13,18,27H,14-15H2,(H,24,29). The molecule has 10 heteroatoms. The minimum absolute atomic E-state index is 0.0384. The van der Waals surface area contributed by atoms with Crippen molar-refractivity contribution in [1.29, 1.82) is 0 Å². The van der Waals surface area contributed by atoms with Crippen molar-refractivity contribution < 1.29 is 17.6 Å². The van der Waals surface area contributed by atoms with Crippen LogP contribution >= 0.6 is 0 Å². The first kappa shape index (κ1) is 21.6. The van der Waals surface area contributed by atoms with Gasteiger partial charge in [-0.2, -0.15) is 4.72 Å². The van der Waals surface area contributed by atoms with Gasteiger partial charge in [0.05, 0.1) is 6.54 Å². The van der Waals surface area contributed by atoms with E-state index in [1.165, 1.54) is 12.1 Å². The average Bonchev–Trinajstić information content (AvgIpc) is 3.21. The van der Waals surface area contributed by atoms with E-state index in [-0.39, 0.29) is 13.0 Å². The average molecular weight is 453 g/mol. The molecule has 0 bridgehead atoms. The van der Waals surface area contributed by atoms with Gasteiger partial charge in [-0.3, -0.25) is 9.20 Å². The molecule has 0 radical (unpaired) electrons. The highest BCUT2D eigenvalue weighted by atomic mass is 32.2. The van der Waals surface area contributed by atoms with Gasteiger partial charge in [-0.25, -0.2) is 12.8 Å². The number of rotatable bonds is 8. The van der Waals surface area contributed by atoms with E-state index in [1.807, 2.05) is 18.2 Å². The minimum atomic E-state index is -4.28. The summed E-state index contributed by atoms with van der Waals surface area (Å²) in [6, 6.07) is 18.2. The smallest absolute Gasteiger partial charge is 0.244 e. The number of amides is 1. The van der Waals surface area contributed by atoms with Gasteiger partial charge < -0.3 is 5.32 Å². The summed E-state index contributed by atoms with van der Waals surface area (Å²) in [6.07, 6.45) is 1.85. The predicted octanol–water partition coefficient (Wildman–Crippen LogP) is 2.07. The highest BCUT2D eigenvalue weighted by Crippen LogP contribution is 2.15. The van der Waals surface area contributed by atoms with Crippen LogP contribution in [-0.4, -0.2) is 35.0 Å². The summed E-state index contributed by atoms with van der Waals surface area (Å²) >= 11 is 0. The fourth-order valence-electron chi connectivity index (χ4n) is 3.25. The molecule has 32 heavy (non-hydrogen) atoms. The summed E-state index contributed by atoms with van der Waals surface area (Å²) < 4.78 is 43.8. The number of sulfonamides is 1. The molecule has 2 heterocycles. The number of carbonyl (C=O) groups excluding carboxylic acids is 1. The first-order valence-electron chi connectivity index (χ1n) is 9.81. The van der Waals surface area contributed by atoms with Gasteiger partial charge in [-0.05, 0) is 36.2 Å². The lowest BCUT2D eigenvalue weighted by atomic mass is 10.1. The molecule has 0 spiro atoms. The number of hydrogen-bond acceptors (Lipinski definition) is 5. The quantitative estimate of drug-likeness (QED) is 0.425. The molecule has 0 aliphatic rings. The predicted molar refractivity (Wildman–Crippen MR) is 115 cm³/mol. The Kier molecular flexibility index (Phi) is 6.24. The normalized spacial score (nSPS) is 12.5. The number of benzene rings is 2. The number of carbonyl (C=O) groups is 1. The van der Waals surface area contributed by atoms with E-state index in [4.69, 9.17) is 0 Å². The van der Waals surface area contributed by atoms with Crippen molar-refractivity contribution in [2.45, 2.75) is 23.9 Å². The molecule has 0 aliphatic carbocycles. The molecular weight excluding hydrogens is 433 g/mol. The zero-order valence-corrected chi connectivity index (χ0v) is 17.7. The van der Waals surface area contributed by atoms with Crippen LogP contribution in [0.15, 0.2) is 83.9 Å². The maximum Gasteiger partial charge on any atom is 0.244 e. The van der Waals surface area contributed by atoms with E-state index in [0.29, 0.717) is 11.5 Å². The Hall–Kier alpha value is -3.63. The molecule has 4 aromatic rings. The second-order valence-electron chi connectivity index (χ2n) is 7.06. The van der Waals surface area contributed by atoms with Crippen molar-refractivity contribution in [2.75, 3.05) is 0 Å². The van der Waals surface area contributed by atoms with Crippen LogP contribution in [-0.2, 0) is 27.8 Å². The van der Waals surface area contributed by atoms with E-state index in [0.717, 1.165) is 17.7 Å². The number of aromatic nitrogens is 3. The third kappa shape index (κ3) is 4.82. The second-order valence-corrected chi connectivity index (χ2v) is 8.74. The number of pyridine rings is 1. The molecule has 0 saturated carbocycles. The highest BCUT2D eigenvalue weighted by molar-refractivity contribution is 7.89. The molecular formula is C22H20FN5O3S. The molecule has 2 aromatic carbocycles. The number of nitrogens with one attached hydrogen (secondary N) is 2. The van der Waals surface area contributed by atoms with Gasteiger partial charge in [0.1, 0.15) is 16.8 Å². The van der Waals surface area contributed by atoms with Crippen LogP contribution in [0.25, 0.3) is 5.65 Å². The number of halogens is 1. The summed E-state index contributed by atoms with van der Waals surface area (Å²) in [5.74, 6) is -0.973. The molecule has 164 valence electrons. The Balaban J connectivity index is 1.56. The minimum Gasteiger partial charge on any atom is -0.347 e. The van der Waals surface area contributed by atoms with Crippen molar-refractivity contribution in [3.05, 3.63) is 96.2 Å². The van der Waals surface area contributed by atoms with Gasteiger partial charge in [-0.1, -0.05) is 48.5 Å². The fraction of sp³-hybridized carbons (Fsp3) is 0.136. The summed E-state index contributed by atoms with van der Waals surface area (Å²) in [5.41, 5.74) is 1.37. The van der Waals surface area contributed by atoms with Crippen LogP contribution in [0.4, 0.5) is 4.39 Å². The van der Waals surface area contributed by atoms with Crippen molar-refractivity contribution in [1.82, 2.24) is 24.6 Å². The SMILES string of the molecule is O=C(NCc1nnc2ccccn12)C(Cc1ccccc1)NS(=O)(=O)c1ccccc1F. The Morgan fingerprint density at radius 3 is 2.47 bits per heavy atom. The summed E-state index contributed by atoms with van der Waals surface area (Å²) in [6.45, 7) is 0.0384. The van der Waals surface area contributed by atoms with Gasteiger partial charge in [-0.15, -0.1) is 10.2 Å². The molecule has 1 unspecified atom stereocenters. The molecule has 0 fully saturated rings. The number of nitrogens with zero attached hydrogens (tertiary/aromatic N) is 3. The first-order valence-corrected chi connectivity index (χ1v) is 11.3. The van der Waals surface area contributed by atoms with E-state index in [1.54, 1.807) is 40.9 Å². The third-order valence-electron chi connectivity index (χ3n) is 4.83. The van der Waals surface area contributed by atoms with E-state index in [2.05, 4.69) is 20.2 Å². The summed E-state index contributed by atoms with van der Waals surface area (Å²) in [5, 5.41) is 10.8. The fourth-order valence-corrected chi connectivity index (χ4v) is 4.53. The topological polar surface area (TPSA) is 105 Å². The summed E-state index contributed by atoms with van der Waals surface area (Å²) in [7, 11) is -4.28. The maximum absolute atomic E-state index is 14.1. The highest BCUT2D eigenvalue weighted by Gasteiger charge is 2.28. The monoisotopic (exact) mass is 453 g/mol. The molecule has 0 saturated heterocycles. The molecule has 0 aliphatic heterocycles. The van der Waals surface area contributed by atoms with Crippen molar-refractivity contribution in [2.24, 2.45) is 0 Å². The Labute approximate surface area is 184 Å². The third-order valence-corrected chi connectivity index (χ3v) is 6.33. The largest absolute Gasteiger partial charge is 0.347 e. The molecule has 2 aromatic heterocycles. The zero-order chi connectivity index (χ0) is 22.6. The van der Waals surface area contributed by atoms with Gasteiger partial charge >= 0.3 is 0 Å². The lowest BCUT2D eigenvalue weighted by Gasteiger charge is -2.19. The van der Waals surface area contributed by atoms with Crippen LogP contribution in [0.3, 0.4) is 0 Å². The molecule has 1 amide bonds.